The summed E-state index contributed by atoms with van der Waals surface area (Å²) in [5.41, 5.74) is 0. The van der Waals surface area contributed by atoms with Gasteiger partial charge < -0.3 is 197 Å². The Morgan fingerprint density at radius 1 is 0.216 bits per heavy atom. The summed E-state index contributed by atoms with van der Waals surface area (Å²) in [6.45, 7) is 11.5. The standard InChI is InChI=1S/C60H108O40Si2/c1-59(2,3)101(7,8)83-17-25-49-34(74)42(82)58(92-25)98-48-24(16-66)88-54(38(78)30(48)70)96-46-22(14-64)90-56(40(80)32(46)72)100-50-26(18-84-102(9,10)60(4,5)6)91-57(41(81)33(50)73)97-47-23(15-65)87-53(37(77)29(47)69)94-44-20(12-62)85-51(35(75)27(44)67)93-43-19(11-61)86-52(36(76)28(43)68)95-45-21(13-63)89-55(99-49)39(79)31(45)71/h19-58,61-82H,11-18H2,1-10H3/t19-,20-,21-,22-,23-,24-,25-,26-,27-,28-,29-,30+,31-,32+,33-,34-,35-,36-,37-,38+,39-,40+,41-,42-,43-,44-,45-,46-,47-,48-,49-,50-,51-,52-,53-,54-,55-,56-,57-,58-/m1/s1. The normalized spacial score (nSPS) is 50.1. The predicted octanol–water partition coefficient (Wildman–Crippen LogP) is -11.3. The molecule has 102 heavy (non-hydrogen) atoms. The van der Waals surface area contributed by atoms with Crippen LogP contribution in [0.4, 0.5) is 0 Å². The van der Waals surface area contributed by atoms with Crippen LogP contribution in [0.25, 0.3) is 0 Å². The van der Waals surface area contributed by atoms with Crippen LogP contribution in [-0.2, 0) is 84.6 Å². The Labute approximate surface area is 588 Å². The van der Waals surface area contributed by atoms with E-state index in [1.165, 1.54) is 0 Å². The van der Waals surface area contributed by atoms with Crippen molar-refractivity contribution < 1.29 is 197 Å². The Morgan fingerprint density at radius 3 is 0.471 bits per heavy atom. The first-order chi connectivity index (χ1) is 47.7. The lowest BCUT2D eigenvalue weighted by atomic mass is 9.94. The third-order valence-electron chi connectivity index (χ3n) is 21.4. The highest BCUT2D eigenvalue weighted by atomic mass is 28.4. The Bertz CT molecular complexity index is 2560. The first-order valence-electron chi connectivity index (χ1n) is 34.0. The summed E-state index contributed by atoms with van der Waals surface area (Å²) < 4.78 is 108. The van der Waals surface area contributed by atoms with Crippen LogP contribution in [-0.4, -0.2) is 427 Å². The monoisotopic (exact) mass is 1520 g/mol. The summed E-state index contributed by atoms with van der Waals surface area (Å²) in [6, 6.07) is 0. The SMILES string of the molecule is CC(C)(C)[Si](C)(C)OC[C@H]1O[C@@H]2O[C@H]3[C@H](O)[C@@H](O)[C@@H](O[C@H]4[C@H](O)[C@@H](O)[C@@H](O[C@H]5[C@H](O)[C@@H](O)[C@@H](O[C@H]6[C@H](O)[C@@H](O)[C@@H](O[C@H]7[C@H](O)[C@@H](O)[C@@H](O[C@H]8[C@@H](O)[C@H](O)[C@@H](O[C@H]9[C@@H](O)[C@H](O)[C@@H](O[C@H]1[C@H](O)[C@H]2O)O[C@@H]9CO)O[C@@H]8CO)O[C@@H]7CO[Si](C)(C)C(C)(C)C)O[C@@H]6CO)O[C@@H]5CO)O[C@@H]4CO)O[C@@H]3CO. The van der Waals surface area contributed by atoms with Gasteiger partial charge in [0, 0.05) is 0 Å². The van der Waals surface area contributed by atoms with Crippen LogP contribution in [0, 0.1) is 0 Å². The third kappa shape index (κ3) is 17.4. The Morgan fingerprint density at radius 2 is 0.343 bits per heavy atom. The number of aliphatic hydroxyl groups is 22. The van der Waals surface area contributed by atoms with Crippen molar-refractivity contribution in [2.24, 2.45) is 0 Å². The average molecular weight is 1530 g/mol. The van der Waals surface area contributed by atoms with Gasteiger partial charge in [0.15, 0.2) is 67.0 Å². The van der Waals surface area contributed by atoms with Crippen molar-refractivity contribution in [3.8, 4) is 0 Å². The van der Waals surface area contributed by atoms with Gasteiger partial charge in [-0.15, -0.1) is 0 Å². The summed E-state index contributed by atoms with van der Waals surface area (Å²) in [5.74, 6) is 0. The molecule has 0 aliphatic carbocycles. The molecule has 0 aromatic carbocycles. The topological polar surface area (TPSA) is 611 Å². The maximum Gasteiger partial charge on any atom is 0.192 e. The fourth-order valence-corrected chi connectivity index (χ4v) is 14.9. The molecule has 30 rings (SSSR count). The molecule has 0 aromatic rings. The first kappa shape index (κ1) is 84.8. The zero-order chi connectivity index (χ0) is 75.5. The second-order valence-corrected chi connectivity index (χ2v) is 39.9. The van der Waals surface area contributed by atoms with Crippen molar-refractivity contribution in [3.05, 3.63) is 0 Å². The lowest BCUT2D eigenvalue weighted by Crippen LogP contribution is -2.69. The number of hydrogen-bond donors (Lipinski definition) is 22. The molecular weight excluding hydrogens is 1420 g/mol. The Hall–Kier alpha value is -1.17. The molecule has 40 nitrogen and oxygen atoms in total. The second-order valence-electron chi connectivity index (χ2n) is 30.2. The largest absolute Gasteiger partial charge is 0.414 e. The molecule has 30 saturated heterocycles. The molecule has 30 heterocycles. The molecule has 30 aliphatic heterocycles. The summed E-state index contributed by atoms with van der Waals surface area (Å²) in [6.07, 6.45) is -80.5. The van der Waals surface area contributed by atoms with Crippen molar-refractivity contribution >= 4 is 16.6 Å². The lowest BCUT2D eigenvalue weighted by Gasteiger charge is -2.51. The average Bonchev–Trinajstić information content (AvgIpc) is 0.768. The van der Waals surface area contributed by atoms with E-state index >= 15 is 0 Å². The Balaban J connectivity index is 1.03. The van der Waals surface area contributed by atoms with Gasteiger partial charge in [-0.3, -0.25) is 0 Å². The van der Waals surface area contributed by atoms with Gasteiger partial charge in [0.1, 0.15) is 195 Å². The van der Waals surface area contributed by atoms with Gasteiger partial charge in [0.05, 0.1) is 52.9 Å². The number of aliphatic hydroxyl groups excluding tert-OH is 22. The number of ether oxygens (including phenoxy) is 16. The van der Waals surface area contributed by atoms with Crippen molar-refractivity contribution in [1.82, 2.24) is 0 Å². The van der Waals surface area contributed by atoms with E-state index < -0.39 is 325 Å². The molecule has 40 atom stereocenters. The first-order valence-corrected chi connectivity index (χ1v) is 39.8. The highest BCUT2D eigenvalue weighted by Gasteiger charge is 2.61. The van der Waals surface area contributed by atoms with Gasteiger partial charge in [-0.1, -0.05) is 41.5 Å². The minimum absolute atomic E-state index is 0.466. The second kappa shape index (κ2) is 34.2. The molecule has 22 N–H and O–H groups in total. The van der Waals surface area contributed by atoms with Crippen molar-refractivity contribution in [2.75, 3.05) is 52.9 Å². The number of rotatable bonds is 12. The molecule has 30 aliphatic rings. The minimum Gasteiger partial charge on any atom is -0.414 e. The maximum atomic E-state index is 12.0. The molecule has 0 saturated carbocycles. The van der Waals surface area contributed by atoms with Gasteiger partial charge >= 0.3 is 0 Å². The zero-order valence-electron chi connectivity index (χ0n) is 57.9. The van der Waals surface area contributed by atoms with Crippen molar-refractivity contribution in [2.45, 2.75) is 323 Å². The molecule has 0 radical (unpaired) electrons. The van der Waals surface area contributed by atoms with E-state index in [4.69, 9.17) is 84.6 Å². The Kier molecular flexibility index (Phi) is 28.5. The molecule has 30 fully saturated rings. The van der Waals surface area contributed by atoms with Crippen LogP contribution in [0.15, 0.2) is 0 Å². The molecular formula is C60H108O40Si2. The highest BCUT2D eigenvalue weighted by molar-refractivity contribution is 6.74. The van der Waals surface area contributed by atoms with Gasteiger partial charge in [0.2, 0.25) is 0 Å². The van der Waals surface area contributed by atoms with Gasteiger partial charge in [-0.25, -0.2) is 0 Å². The minimum atomic E-state index is -2.79. The van der Waals surface area contributed by atoms with Crippen molar-refractivity contribution in [3.63, 3.8) is 0 Å². The van der Waals surface area contributed by atoms with E-state index in [1.807, 2.05) is 67.7 Å². The van der Waals surface area contributed by atoms with Crippen LogP contribution >= 0.6 is 0 Å². The maximum absolute atomic E-state index is 12.0. The van der Waals surface area contributed by atoms with E-state index in [2.05, 4.69) is 0 Å². The fourth-order valence-electron chi connectivity index (χ4n) is 12.9. The molecule has 0 aromatic heterocycles. The molecule has 0 spiro atoms. The van der Waals surface area contributed by atoms with Crippen LogP contribution < -0.4 is 0 Å². The third-order valence-corrected chi connectivity index (χ3v) is 30.4. The zero-order valence-corrected chi connectivity index (χ0v) is 59.9. The quantitative estimate of drug-likeness (QED) is 0.0807. The number of hydrogen-bond acceptors (Lipinski definition) is 40. The summed E-state index contributed by atoms with van der Waals surface area (Å²) in [7, 11) is -5.58. The fraction of sp³-hybridized carbons (Fsp3) is 1.00. The molecule has 0 unspecified atom stereocenters. The summed E-state index contributed by atoms with van der Waals surface area (Å²) >= 11 is 0. The van der Waals surface area contributed by atoms with E-state index in [-0.39, 0.29) is 0 Å². The highest BCUT2D eigenvalue weighted by Crippen LogP contribution is 2.43. The summed E-state index contributed by atoms with van der Waals surface area (Å²) in [4.78, 5) is 0. The van der Waals surface area contributed by atoms with E-state index in [0.29, 0.717) is 0 Å². The van der Waals surface area contributed by atoms with E-state index in [1.54, 1.807) is 0 Å². The lowest BCUT2D eigenvalue weighted by molar-refractivity contribution is -0.403. The van der Waals surface area contributed by atoms with Crippen LogP contribution in [0.3, 0.4) is 0 Å². The van der Waals surface area contributed by atoms with Gasteiger partial charge in [-0.05, 0) is 36.3 Å². The molecule has 42 heteroatoms. The molecule has 596 valence electrons. The van der Waals surface area contributed by atoms with E-state index in [9.17, 15) is 112 Å². The predicted molar refractivity (Wildman–Crippen MR) is 333 cm³/mol. The van der Waals surface area contributed by atoms with E-state index in [0.717, 1.165) is 0 Å². The van der Waals surface area contributed by atoms with Crippen LogP contribution in [0.1, 0.15) is 41.5 Å². The molecule has 16 bridgehead atoms. The van der Waals surface area contributed by atoms with Gasteiger partial charge in [-0.2, -0.15) is 0 Å². The van der Waals surface area contributed by atoms with Crippen molar-refractivity contribution in [1.29, 1.82) is 0 Å². The summed E-state index contributed by atoms with van der Waals surface area (Å²) in [5, 5.41) is 251. The van der Waals surface area contributed by atoms with Crippen LogP contribution in [0.2, 0.25) is 36.3 Å². The van der Waals surface area contributed by atoms with Crippen LogP contribution in [0.5, 0.6) is 0 Å². The molecule has 0 amide bonds. The smallest absolute Gasteiger partial charge is 0.192 e. The van der Waals surface area contributed by atoms with Gasteiger partial charge in [0.25, 0.3) is 0 Å².